The normalized spacial score (nSPS) is 17.9. The highest BCUT2D eigenvalue weighted by molar-refractivity contribution is 5.78. The first-order valence-electron chi connectivity index (χ1n) is 7.21. The van der Waals surface area contributed by atoms with E-state index < -0.39 is 0 Å². The van der Waals surface area contributed by atoms with E-state index in [1.54, 1.807) is 0 Å². The number of carbonyl (C=O) groups excluding carboxylic acids is 1. The lowest BCUT2D eigenvalue weighted by molar-refractivity contribution is -0.122. The van der Waals surface area contributed by atoms with Crippen LogP contribution in [0.1, 0.15) is 26.2 Å². The zero-order chi connectivity index (χ0) is 14.8. The zero-order valence-corrected chi connectivity index (χ0v) is 12.1. The SMILES string of the molecule is CCCC(C#N)N1CCN(CC(=O)NCCC#N)CC1. The van der Waals surface area contributed by atoms with Gasteiger partial charge in [-0.2, -0.15) is 10.5 Å². The number of nitrogens with zero attached hydrogens (tertiary/aromatic N) is 4. The molecule has 1 atom stereocenters. The second-order valence-electron chi connectivity index (χ2n) is 5.00. The Labute approximate surface area is 120 Å². The molecule has 1 rings (SSSR count). The first-order chi connectivity index (χ1) is 9.71. The lowest BCUT2D eigenvalue weighted by atomic mass is 10.1. The summed E-state index contributed by atoms with van der Waals surface area (Å²) in [5, 5.41) is 20.3. The molecule has 0 aromatic heterocycles. The Morgan fingerprint density at radius 2 is 2.00 bits per heavy atom. The van der Waals surface area contributed by atoms with E-state index in [4.69, 9.17) is 10.5 Å². The summed E-state index contributed by atoms with van der Waals surface area (Å²) < 4.78 is 0. The van der Waals surface area contributed by atoms with Crippen LogP contribution in [0.25, 0.3) is 0 Å². The van der Waals surface area contributed by atoms with Crippen LogP contribution in [-0.2, 0) is 4.79 Å². The number of hydrogen-bond donors (Lipinski definition) is 1. The topological polar surface area (TPSA) is 83.2 Å². The van der Waals surface area contributed by atoms with Crippen LogP contribution in [0.4, 0.5) is 0 Å². The quantitative estimate of drug-likeness (QED) is 0.678. The predicted molar refractivity (Wildman–Crippen MR) is 75.6 cm³/mol. The van der Waals surface area contributed by atoms with Crippen LogP contribution in [0.5, 0.6) is 0 Å². The van der Waals surface area contributed by atoms with E-state index in [0.717, 1.165) is 39.0 Å². The van der Waals surface area contributed by atoms with Crippen LogP contribution in [0, 0.1) is 22.7 Å². The van der Waals surface area contributed by atoms with Crippen molar-refractivity contribution in [2.75, 3.05) is 39.3 Å². The Balaban J connectivity index is 2.27. The van der Waals surface area contributed by atoms with Gasteiger partial charge in [-0.1, -0.05) is 13.3 Å². The van der Waals surface area contributed by atoms with Gasteiger partial charge in [0.25, 0.3) is 0 Å². The molecule has 0 bridgehead atoms. The van der Waals surface area contributed by atoms with Gasteiger partial charge in [0.15, 0.2) is 0 Å². The third-order valence-corrected chi connectivity index (χ3v) is 3.48. The summed E-state index contributed by atoms with van der Waals surface area (Å²) in [7, 11) is 0. The van der Waals surface area contributed by atoms with Gasteiger partial charge >= 0.3 is 0 Å². The van der Waals surface area contributed by atoms with Gasteiger partial charge in [-0.05, 0) is 6.42 Å². The molecule has 110 valence electrons. The van der Waals surface area contributed by atoms with Crippen molar-refractivity contribution in [2.45, 2.75) is 32.2 Å². The van der Waals surface area contributed by atoms with Gasteiger partial charge in [-0.15, -0.1) is 0 Å². The van der Waals surface area contributed by atoms with Crippen LogP contribution in [-0.4, -0.2) is 61.0 Å². The Morgan fingerprint density at radius 1 is 1.30 bits per heavy atom. The van der Waals surface area contributed by atoms with E-state index >= 15 is 0 Å². The molecular formula is C14H23N5O. The predicted octanol–water partition coefficient (Wildman–Crippen LogP) is 0.326. The largest absolute Gasteiger partial charge is 0.354 e. The molecule has 0 radical (unpaired) electrons. The molecule has 1 N–H and O–H groups in total. The molecule has 6 heteroatoms. The molecule has 0 aromatic carbocycles. The van der Waals surface area contributed by atoms with Crippen molar-refractivity contribution in [3.05, 3.63) is 0 Å². The standard InChI is InChI=1S/C14H23N5O/c1-2-4-13(11-16)19-9-7-18(8-10-19)12-14(20)17-6-3-5-15/h13H,2-4,6-10,12H2,1H3,(H,17,20). The van der Waals surface area contributed by atoms with Gasteiger partial charge in [0.05, 0.1) is 31.1 Å². The van der Waals surface area contributed by atoms with Crippen molar-refractivity contribution in [3.63, 3.8) is 0 Å². The minimum Gasteiger partial charge on any atom is -0.354 e. The van der Waals surface area contributed by atoms with Gasteiger partial charge in [-0.3, -0.25) is 14.6 Å². The fraction of sp³-hybridized carbons (Fsp3) is 0.786. The fourth-order valence-electron chi connectivity index (χ4n) is 2.35. The minimum atomic E-state index is -0.0286. The molecule has 0 aliphatic carbocycles. The molecule has 0 aromatic rings. The summed E-state index contributed by atoms with van der Waals surface area (Å²) in [6.45, 7) is 6.19. The fourth-order valence-corrected chi connectivity index (χ4v) is 2.35. The first-order valence-corrected chi connectivity index (χ1v) is 7.21. The first kappa shape index (κ1) is 16.4. The zero-order valence-electron chi connectivity index (χ0n) is 12.1. The number of nitrogens with one attached hydrogen (secondary N) is 1. The maximum absolute atomic E-state index is 11.6. The van der Waals surface area contributed by atoms with Crippen molar-refractivity contribution < 1.29 is 4.79 Å². The second-order valence-corrected chi connectivity index (χ2v) is 5.00. The molecule has 1 heterocycles. The monoisotopic (exact) mass is 277 g/mol. The van der Waals surface area contributed by atoms with Crippen molar-refractivity contribution in [3.8, 4) is 12.1 Å². The van der Waals surface area contributed by atoms with E-state index in [2.05, 4.69) is 28.1 Å². The van der Waals surface area contributed by atoms with E-state index in [0.29, 0.717) is 19.5 Å². The molecule has 1 aliphatic rings. The molecule has 1 unspecified atom stereocenters. The van der Waals surface area contributed by atoms with Crippen LogP contribution in [0.3, 0.4) is 0 Å². The molecule has 6 nitrogen and oxygen atoms in total. The summed E-state index contributed by atoms with van der Waals surface area (Å²) in [4.78, 5) is 15.9. The Kier molecular flexibility index (Phi) is 7.64. The van der Waals surface area contributed by atoms with E-state index in [1.165, 1.54) is 0 Å². The molecule has 0 saturated carbocycles. The van der Waals surface area contributed by atoms with Gasteiger partial charge in [-0.25, -0.2) is 0 Å². The average Bonchev–Trinajstić information content (AvgIpc) is 2.46. The van der Waals surface area contributed by atoms with E-state index in [1.807, 2.05) is 6.07 Å². The maximum atomic E-state index is 11.6. The Morgan fingerprint density at radius 3 is 2.55 bits per heavy atom. The summed E-state index contributed by atoms with van der Waals surface area (Å²) in [5.41, 5.74) is 0. The Hall–Kier alpha value is -1.63. The maximum Gasteiger partial charge on any atom is 0.234 e. The summed E-state index contributed by atoms with van der Waals surface area (Å²) in [6.07, 6.45) is 2.27. The van der Waals surface area contributed by atoms with Gasteiger partial charge in [0.2, 0.25) is 5.91 Å². The molecule has 1 fully saturated rings. The molecule has 0 spiro atoms. The third kappa shape index (κ3) is 5.56. The minimum absolute atomic E-state index is 0.00612. The van der Waals surface area contributed by atoms with Crippen LogP contribution < -0.4 is 5.32 Å². The van der Waals surface area contributed by atoms with E-state index in [9.17, 15) is 4.79 Å². The lowest BCUT2D eigenvalue weighted by Gasteiger charge is -2.36. The number of amides is 1. The van der Waals surface area contributed by atoms with Crippen molar-refractivity contribution in [1.29, 1.82) is 10.5 Å². The highest BCUT2D eigenvalue weighted by atomic mass is 16.2. The highest BCUT2D eigenvalue weighted by Crippen LogP contribution is 2.10. The van der Waals surface area contributed by atoms with Gasteiger partial charge < -0.3 is 5.32 Å². The summed E-state index contributed by atoms with van der Waals surface area (Å²) in [6, 6.07) is 4.36. The van der Waals surface area contributed by atoms with E-state index in [-0.39, 0.29) is 11.9 Å². The molecule has 20 heavy (non-hydrogen) atoms. The van der Waals surface area contributed by atoms with Crippen LogP contribution in [0.2, 0.25) is 0 Å². The highest BCUT2D eigenvalue weighted by Gasteiger charge is 2.23. The molecular weight excluding hydrogens is 254 g/mol. The number of hydrogen-bond acceptors (Lipinski definition) is 5. The van der Waals surface area contributed by atoms with Gasteiger partial charge in [0.1, 0.15) is 0 Å². The number of nitriles is 2. The smallest absolute Gasteiger partial charge is 0.234 e. The second kappa shape index (κ2) is 9.30. The van der Waals surface area contributed by atoms with Crippen LogP contribution in [0.15, 0.2) is 0 Å². The molecule has 1 saturated heterocycles. The lowest BCUT2D eigenvalue weighted by Crippen LogP contribution is -2.52. The number of rotatable bonds is 7. The average molecular weight is 277 g/mol. The third-order valence-electron chi connectivity index (χ3n) is 3.48. The van der Waals surface area contributed by atoms with Crippen molar-refractivity contribution in [1.82, 2.24) is 15.1 Å². The van der Waals surface area contributed by atoms with Gasteiger partial charge in [0, 0.05) is 32.7 Å². The Bertz CT molecular complexity index is 376. The molecule has 1 aliphatic heterocycles. The van der Waals surface area contributed by atoms with Crippen molar-refractivity contribution in [2.24, 2.45) is 0 Å². The summed E-state index contributed by atoms with van der Waals surface area (Å²) in [5.74, 6) is -0.0286. The number of piperazine rings is 1. The summed E-state index contributed by atoms with van der Waals surface area (Å²) >= 11 is 0. The van der Waals surface area contributed by atoms with Crippen LogP contribution >= 0.6 is 0 Å². The number of carbonyl (C=O) groups is 1. The molecule has 1 amide bonds. The van der Waals surface area contributed by atoms with Crippen molar-refractivity contribution >= 4 is 5.91 Å².